The third-order valence-corrected chi connectivity index (χ3v) is 4.05. The second-order valence-corrected chi connectivity index (χ2v) is 5.75. The van der Waals surface area contributed by atoms with E-state index in [1.165, 1.54) is 10.9 Å². The van der Waals surface area contributed by atoms with Crippen molar-refractivity contribution >= 4 is 22.6 Å². The molecule has 4 atom stereocenters. The molecule has 1 fully saturated rings. The number of rotatable bonds is 5. The fraction of sp³-hybridized carbons (Fsp3) is 0.571. The van der Waals surface area contributed by atoms with E-state index in [0.717, 1.165) is 6.42 Å². The molecule has 126 valence electrons. The number of ether oxygens (including phenoxy) is 2. The lowest BCUT2D eigenvalue weighted by atomic mass is 10.1. The molecule has 0 amide bonds. The molecule has 3 heterocycles. The van der Waals surface area contributed by atoms with Crippen molar-refractivity contribution in [2.45, 2.75) is 37.9 Å². The molecule has 0 radical (unpaired) electrons. The quantitative estimate of drug-likeness (QED) is 0.724. The molecule has 8 nitrogen and oxygen atoms in total. The first-order chi connectivity index (χ1) is 11.1. The topological polar surface area (TPSA) is 110 Å². The van der Waals surface area contributed by atoms with Crippen LogP contribution >= 0.6 is 11.6 Å². The van der Waals surface area contributed by atoms with Crippen LogP contribution in [0.15, 0.2) is 12.5 Å². The van der Waals surface area contributed by atoms with Gasteiger partial charge in [-0.15, -0.1) is 0 Å². The standard InChI is InChI=1S/C14H18ClN3O5/c1-2-3-22-13-9-7(15)4-18(12(9)16-6-17-13)14-11(21)10(20)8(5-19)23-14/h4,6,8,10-11,14,19-21H,2-3,5H2,1H3/t8-,10-,11-,14-/m1/s1. The Kier molecular flexibility index (Phi) is 4.69. The molecule has 0 spiro atoms. The highest BCUT2D eigenvalue weighted by molar-refractivity contribution is 6.35. The summed E-state index contributed by atoms with van der Waals surface area (Å²) in [7, 11) is 0. The Morgan fingerprint density at radius 3 is 2.78 bits per heavy atom. The summed E-state index contributed by atoms with van der Waals surface area (Å²) in [6.45, 7) is 2.06. The van der Waals surface area contributed by atoms with Gasteiger partial charge in [0.2, 0.25) is 5.88 Å². The molecule has 0 aliphatic carbocycles. The number of hydrogen-bond donors (Lipinski definition) is 3. The molecule has 0 unspecified atom stereocenters. The second-order valence-electron chi connectivity index (χ2n) is 5.34. The minimum Gasteiger partial charge on any atom is -0.477 e. The Labute approximate surface area is 137 Å². The normalized spacial score (nSPS) is 27.7. The zero-order chi connectivity index (χ0) is 16.6. The first kappa shape index (κ1) is 16.4. The fourth-order valence-electron chi connectivity index (χ4n) is 2.63. The van der Waals surface area contributed by atoms with E-state index in [-0.39, 0.29) is 0 Å². The summed E-state index contributed by atoms with van der Waals surface area (Å²) in [6, 6.07) is 0. The summed E-state index contributed by atoms with van der Waals surface area (Å²) in [4.78, 5) is 8.26. The molecule has 0 saturated carbocycles. The maximum Gasteiger partial charge on any atom is 0.227 e. The van der Waals surface area contributed by atoms with Crippen LogP contribution in [0.1, 0.15) is 19.6 Å². The number of aliphatic hydroxyl groups excluding tert-OH is 3. The highest BCUT2D eigenvalue weighted by atomic mass is 35.5. The first-order valence-electron chi connectivity index (χ1n) is 7.34. The van der Waals surface area contributed by atoms with Crippen LogP contribution in [-0.2, 0) is 4.74 Å². The highest BCUT2D eigenvalue weighted by Crippen LogP contribution is 2.37. The summed E-state index contributed by atoms with van der Waals surface area (Å²) >= 11 is 6.26. The Morgan fingerprint density at radius 2 is 2.13 bits per heavy atom. The van der Waals surface area contributed by atoms with Gasteiger partial charge in [0.05, 0.1) is 23.6 Å². The van der Waals surface area contributed by atoms with Crippen molar-refractivity contribution in [3.8, 4) is 5.88 Å². The average Bonchev–Trinajstić information content (AvgIpc) is 3.04. The van der Waals surface area contributed by atoms with Gasteiger partial charge in [0, 0.05) is 6.20 Å². The summed E-state index contributed by atoms with van der Waals surface area (Å²) in [6.07, 6.45) is -0.497. The van der Waals surface area contributed by atoms with Crippen LogP contribution in [0.4, 0.5) is 0 Å². The third-order valence-electron chi connectivity index (χ3n) is 3.76. The third kappa shape index (κ3) is 2.77. The van der Waals surface area contributed by atoms with Crippen LogP contribution in [0.5, 0.6) is 5.88 Å². The van der Waals surface area contributed by atoms with E-state index >= 15 is 0 Å². The van der Waals surface area contributed by atoms with Gasteiger partial charge in [-0.05, 0) is 6.42 Å². The molecule has 1 aliphatic rings. The number of halogens is 1. The van der Waals surface area contributed by atoms with Gasteiger partial charge in [0.1, 0.15) is 24.6 Å². The van der Waals surface area contributed by atoms with Crippen molar-refractivity contribution in [1.29, 1.82) is 0 Å². The Morgan fingerprint density at radius 1 is 1.35 bits per heavy atom. The van der Waals surface area contributed by atoms with Crippen molar-refractivity contribution in [2.24, 2.45) is 0 Å². The SMILES string of the molecule is CCCOc1ncnc2c1c(Cl)cn2[C@@H]1O[C@H](CO)[C@@H](O)[C@H]1O. The monoisotopic (exact) mass is 343 g/mol. The van der Waals surface area contributed by atoms with Crippen LogP contribution < -0.4 is 4.74 Å². The van der Waals surface area contributed by atoms with Crippen molar-refractivity contribution in [2.75, 3.05) is 13.2 Å². The van der Waals surface area contributed by atoms with Gasteiger partial charge in [-0.2, -0.15) is 0 Å². The van der Waals surface area contributed by atoms with Gasteiger partial charge < -0.3 is 29.4 Å². The summed E-state index contributed by atoms with van der Waals surface area (Å²) in [5, 5.41) is 30.1. The first-order valence-corrected chi connectivity index (χ1v) is 7.72. The number of aromatic nitrogens is 3. The molecular weight excluding hydrogens is 326 g/mol. The second kappa shape index (κ2) is 6.58. The molecule has 0 aromatic carbocycles. The molecule has 9 heteroatoms. The Hall–Kier alpha value is -1.45. The molecule has 2 aromatic heterocycles. The number of aliphatic hydroxyl groups is 3. The van der Waals surface area contributed by atoms with Crippen LogP contribution in [0.25, 0.3) is 11.0 Å². The lowest BCUT2D eigenvalue weighted by Crippen LogP contribution is -2.33. The van der Waals surface area contributed by atoms with Gasteiger partial charge in [-0.1, -0.05) is 18.5 Å². The van der Waals surface area contributed by atoms with Gasteiger partial charge >= 0.3 is 0 Å². The van der Waals surface area contributed by atoms with E-state index in [1.807, 2.05) is 6.92 Å². The Balaban J connectivity index is 2.03. The minimum atomic E-state index is -1.21. The fourth-order valence-corrected chi connectivity index (χ4v) is 2.90. The van der Waals surface area contributed by atoms with Crippen LogP contribution in [-0.4, -0.2) is 61.4 Å². The van der Waals surface area contributed by atoms with Crippen LogP contribution in [0, 0.1) is 0 Å². The molecule has 1 aliphatic heterocycles. The lowest BCUT2D eigenvalue weighted by molar-refractivity contribution is -0.0508. The van der Waals surface area contributed by atoms with Gasteiger partial charge in [-0.25, -0.2) is 9.97 Å². The van der Waals surface area contributed by atoms with Crippen LogP contribution in [0.2, 0.25) is 5.02 Å². The summed E-state index contributed by atoms with van der Waals surface area (Å²) < 4.78 is 12.6. The Bertz CT molecular complexity index is 694. The van der Waals surface area contributed by atoms with E-state index in [2.05, 4.69) is 9.97 Å². The predicted molar refractivity (Wildman–Crippen MR) is 81.3 cm³/mol. The molecule has 23 heavy (non-hydrogen) atoms. The van der Waals surface area contributed by atoms with Crippen molar-refractivity contribution in [1.82, 2.24) is 14.5 Å². The molecule has 1 saturated heterocycles. The molecule has 3 rings (SSSR count). The highest BCUT2D eigenvalue weighted by Gasteiger charge is 2.44. The predicted octanol–water partition coefficient (Wildman–Crippen LogP) is 0.485. The zero-order valence-corrected chi connectivity index (χ0v) is 13.2. The summed E-state index contributed by atoms with van der Waals surface area (Å²) in [5.74, 6) is 0.354. The largest absolute Gasteiger partial charge is 0.477 e. The van der Waals surface area contributed by atoms with E-state index < -0.39 is 31.1 Å². The van der Waals surface area contributed by atoms with Crippen LogP contribution in [0.3, 0.4) is 0 Å². The van der Waals surface area contributed by atoms with Crippen molar-refractivity contribution < 1.29 is 24.8 Å². The van der Waals surface area contributed by atoms with Crippen molar-refractivity contribution in [3.63, 3.8) is 0 Å². The van der Waals surface area contributed by atoms with Gasteiger partial charge in [0.25, 0.3) is 0 Å². The number of nitrogens with zero attached hydrogens (tertiary/aromatic N) is 3. The zero-order valence-electron chi connectivity index (χ0n) is 12.5. The van der Waals surface area contributed by atoms with Crippen molar-refractivity contribution in [3.05, 3.63) is 17.5 Å². The van der Waals surface area contributed by atoms with Gasteiger partial charge in [0.15, 0.2) is 11.9 Å². The average molecular weight is 344 g/mol. The molecule has 3 N–H and O–H groups in total. The molecule has 0 bridgehead atoms. The van der Waals surface area contributed by atoms with E-state index in [0.29, 0.717) is 28.5 Å². The van der Waals surface area contributed by atoms with Gasteiger partial charge in [-0.3, -0.25) is 0 Å². The van der Waals surface area contributed by atoms with E-state index in [1.54, 1.807) is 6.20 Å². The molecular formula is C14H18ClN3O5. The maximum absolute atomic E-state index is 10.2. The summed E-state index contributed by atoms with van der Waals surface area (Å²) in [5.41, 5.74) is 0.422. The molecule has 2 aromatic rings. The van der Waals surface area contributed by atoms with E-state index in [9.17, 15) is 15.3 Å². The lowest BCUT2D eigenvalue weighted by Gasteiger charge is -2.17. The number of hydrogen-bond acceptors (Lipinski definition) is 7. The number of fused-ring (bicyclic) bond motifs is 1. The maximum atomic E-state index is 10.2. The van der Waals surface area contributed by atoms with E-state index in [4.69, 9.17) is 21.1 Å². The smallest absolute Gasteiger partial charge is 0.227 e. The minimum absolute atomic E-state index is 0.351.